The van der Waals surface area contributed by atoms with Crippen LogP contribution in [0.1, 0.15) is 21.5 Å². The van der Waals surface area contributed by atoms with Crippen molar-refractivity contribution in [2.45, 2.75) is 6.92 Å². The molecule has 1 nitrogen and oxygen atoms in total. The van der Waals surface area contributed by atoms with Crippen LogP contribution in [0.4, 0.5) is 0 Å². The number of aldehydes is 1. The van der Waals surface area contributed by atoms with Crippen LogP contribution in [0, 0.1) is 18.8 Å². The van der Waals surface area contributed by atoms with Crippen molar-refractivity contribution in [1.82, 2.24) is 0 Å². The van der Waals surface area contributed by atoms with Crippen LogP contribution < -0.4 is 0 Å². The highest BCUT2D eigenvalue weighted by molar-refractivity contribution is 6.19. The molecule has 2 heteroatoms. The van der Waals surface area contributed by atoms with E-state index in [9.17, 15) is 4.79 Å². The highest BCUT2D eigenvalue weighted by Crippen LogP contribution is 2.08. The van der Waals surface area contributed by atoms with Gasteiger partial charge >= 0.3 is 0 Å². The Kier molecular flexibility index (Phi) is 3.54. The van der Waals surface area contributed by atoms with Crippen molar-refractivity contribution < 1.29 is 4.79 Å². The third kappa shape index (κ3) is 2.61. The molecule has 0 atom stereocenters. The molecule has 0 aliphatic carbocycles. The number of aryl methyl sites for hydroxylation is 1. The first-order valence-corrected chi connectivity index (χ1v) is 4.42. The third-order valence-electron chi connectivity index (χ3n) is 1.62. The Morgan fingerprint density at radius 3 is 2.92 bits per heavy atom. The van der Waals surface area contributed by atoms with E-state index in [0.717, 1.165) is 17.4 Å². The Balaban J connectivity index is 3.13. The fraction of sp³-hybridized carbons (Fsp3) is 0.182. The van der Waals surface area contributed by atoms with Gasteiger partial charge in [0.2, 0.25) is 0 Å². The second-order valence-corrected chi connectivity index (χ2v) is 2.91. The predicted molar refractivity (Wildman–Crippen MR) is 54.2 cm³/mol. The molecule has 1 rings (SSSR count). The second kappa shape index (κ2) is 4.69. The van der Waals surface area contributed by atoms with E-state index >= 15 is 0 Å². The normalized spacial score (nSPS) is 8.77. The van der Waals surface area contributed by atoms with Crippen molar-refractivity contribution in [3.05, 3.63) is 34.9 Å². The molecule has 0 saturated carbocycles. The molecular weight excluding hydrogens is 184 g/mol. The average Bonchev–Trinajstić information content (AvgIpc) is 2.16. The Morgan fingerprint density at radius 2 is 2.31 bits per heavy atom. The Morgan fingerprint density at radius 1 is 1.54 bits per heavy atom. The summed E-state index contributed by atoms with van der Waals surface area (Å²) in [5.74, 6) is 5.83. The minimum absolute atomic E-state index is 0.284. The maximum Gasteiger partial charge on any atom is 0.151 e. The van der Waals surface area contributed by atoms with Gasteiger partial charge in [-0.2, -0.15) is 0 Å². The summed E-state index contributed by atoms with van der Waals surface area (Å²) in [6.07, 6.45) is 0.811. The highest BCUT2D eigenvalue weighted by atomic mass is 35.5. The molecule has 13 heavy (non-hydrogen) atoms. The zero-order valence-electron chi connectivity index (χ0n) is 7.30. The minimum atomic E-state index is 0.284. The highest BCUT2D eigenvalue weighted by Gasteiger charge is 1.97. The smallest absolute Gasteiger partial charge is 0.151 e. The van der Waals surface area contributed by atoms with Crippen LogP contribution >= 0.6 is 11.6 Å². The first kappa shape index (κ1) is 9.83. The van der Waals surface area contributed by atoms with Gasteiger partial charge in [-0.1, -0.05) is 23.5 Å². The van der Waals surface area contributed by atoms with E-state index in [2.05, 4.69) is 11.8 Å². The number of carbonyl (C=O) groups is 1. The summed E-state index contributed by atoms with van der Waals surface area (Å²) in [5.41, 5.74) is 2.41. The van der Waals surface area contributed by atoms with Gasteiger partial charge in [-0.3, -0.25) is 4.79 Å². The van der Waals surface area contributed by atoms with E-state index in [1.807, 2.05) is 25.1 Å². The molecular formula is C11H9ClO. The van der Waals surface area contributed by atoms with Gasteiger partial charge in [0.1, 0.15) is 0 Å². The molecule has 0 saturated heterocycles. The molecule has 0 aromatic heterocycles. The van der Waals surface area contributed by atoms with Gasteiger partial charge < -0.3 is 0 Å². The molecule has 0 spiro atoms. The summed E-state index contributed by atoms with van der Waals surface area (Å²) in [7, 11) is 0. The summed E-state index contributed by atoms with van der Waals surface area (Å²) < 4.78 is 0. The van der Waals surface area contributed by atoms with Crippen LogP contribution in [-0.2, 0) is 0 Å². The molecule has 0 fully saturated rings. The molecule has 1 aromatic carbocycles. The lowest BCUT2D eigenvalue weighted by atomic mass is 10.1. The van der Waals surface area contributed by atoms with Gasteiger partial charge in [-0.15, -0.1) is 11.6 Å². The zero-order valence-corrected chi connectivity index (χ0v) is 8.06. The number of halogens is 1. The molecule has 0 radical (unpaired) electrons. The van der Waals surface area contributed by atoms with Crippen molar-refractivity contribution in [3.8, 4) is 11.8 Å². The number of hydrogen-bond acceptors (Lipinski definition) is 1. The number of rotatable bonds is 1. The van der Waals surface area contributed by atoms with E-state index in [-0.39, 0.29) is 5.88 Å². The lowest BCUT2D eigenvalue weighted by molar-refractivity contribution is 0.112. The monoisotopic (exact) mass is 192 g/mol. The van der Waals surface area contributed by atoms with Gasteiger partial charge in [0.25, 0.3) is 0 Å². The van der Waals surface area contributed by atoms with Gasteiger partial charge in [-0.25, -0.2) is 0 Å². The van der Waals surface area contributed by atoms with Crippen LogP contribution in [-0.4, -0.2) is 12.2 Å². The molecule has 0 unspecified atom stereocenters. The van der Waals surface area contributed by atoms with E-state index in [1.54, 1.807) is 0 Å². The molecule has 0 bridgehead atoms. The van der Waals surface area contributed by atoms with Crippen molar-refractivity contribution in [2.75, 3.05) is 5.88 Å². The van der Waals surface area contributed by atoms with Crippen LogP contribution in [0.5, 0.6) is 0 Å². The second-order valence-electron chi connectivity index (χ2n) is 2.64. The lowest BCUT2D eigenvalue weighted by Gasteiger charge is -1.97. The first-order valence-electron chi connectivity index (χ1n) is 3.88. The summed E-state index contributed by atoms with van der Waals surface area (Å²) in [6, 6.07) is 5.56. The van der Waals surface area contributed by atoms with Gasteiger partial charge in [0.05, 0.1) is 5.88 Å². The van der Waals surface area contributed by atoms with Crippen molar-refractivity contribution in [3.63, 3.8) is 0 Å². The SMILES string of the molecule is Cc1ccc(C#CCCl)c(C=O)c1. The maximum atomic E-state index is 10.6. The molecule has 66 valence electrons. The predicted octanol–water partition coefficient (Wildman–Crippen LogP) is 2.40. The summed E-state index contributed by atoms with van der Waals surface area (Å²) >= 11 is 5.42. The minimum Gasteiger partial charge on any atom is -0.298 e. The Bertz CT molecular complexity index is 371. The average molecular weight is 193 g/mol. The van der Waals surface area contributed by atoms with E-state index < -0.39 is 0 Å². The standard InChI is InChI=1S/C11H9ClO/c1-9-4-5-10(3-2-6-12)11(7-9)8-13/h4-5,7-8H,6H2,1H3. The van der Waals surface area contributed by atoms with Crippen LogP contribution in [0.25, 0.3) is 0 Å². The summed E-state index contributed by atoms with van der Waals surface area (Å²) in [5, 5.41) is 0. The fourth-order valence-corrected chi connectivity index (χ4v) is 1.09. The number of alkyl halides is 1. The van der Waals surface area contributed by atoms with Gasteiger partial charge in [-0.05, 0) is 19.1 Å². The lowest BCUT2D eigenvalue weighted by Crippen LogP contribution is -1.88. The number of benzene rings is 1. The van der Waals surface area contributed by atoms with Crippen LogP contribution in [0.15, 0.2) is 18.2 Å². The summed E-state index contributed by atoms with van der Waals surface area (Å²) in [6.45, 7) is 1.94. The molecule has 0 amide bonds. The Labute approximate surface area is 82.7 Å². The van der Waals surface area contributed by atoms with Crippen LogP contribution in [0.3, 0.4) is 0 Å². The van der Waals surface area contributed by atoms with Crippen molar-refractivity contribution in [1.29, 1.82) is 0 Å². The molecule has 0 heterocycles. The van der Waals surface area contributed by atoms with Gasteiger partial charge in [0, 0.05) is 11.1 Å². The number of hydrogen-bond donors (Lipinski definition) is 0. The third-order valence-corrected chi connectivity index (χ3v) is 1.76. The van der Waals surface area contributed by atoms with E-state index in [4.69, 9.17) is 11.6 Å². The van der Waals surface area contributed by atoms with Gasteiger partial charge in [0.15, 0.2) is 6.29 Å². The quantitative estimate of drug-likeness (QED) is 0.379. The molecule has 0 aliphatic heterocycles. The van der Waals surface area contributed by atoms with E-state index in [0.29, 0.717) is 5.56 Å². The van der Waals surface area contributed by atoms with Crippen molar-refractivity contribution in [2.24, 2.45) is 0 Å². The topological polar surface area (TPSA) is 17.1 Å². The maximum absolute atomic E-state index is 10.6. The number of carbonyl (C=O) groups excluding carboxylic acids is 1. The Hall–Kier alpha value is -1.26. The fourth-order valence-electron chi connectivity index (χ4n) is 1.02. The zero-order chi connectivity index (χ0) is 9.68. The first-order chi connectivity index (χ1) is 6.27. The largest absolute Gasteiger partial charge is 0.298 e. The molecule has 0 aliphatic rings. The molecule has 0 N–H and O–H groups in total. The van der Waals surface area contributed by atoms with Crippen molar-refractivity contribution >= 4 is 17.9 Å². The van der Waals surface area contributed by atoms with Crippen LogP contribution in [0.2, 0.25) is 0 Å². The van der Waals surface area contributed by atoms with E-state index in [1.165, 1.54) is 0 Å². The molecule has 1 aromatic rings. The summed E-state index contributed by atoms with van der Waals surface area (Å²) in [4.78, 5) is 10.6.